The highest BCUT2D eigenvalue weighted by atomic mass is 32.2. The fraction of sp³-hybridized carbons (Fsp3) is 0.143. The van der Waals surface area contributed by atoms with Crippen LogP contribution >= 0.6 is 0 Å². The molecular weight excluding hydrogens is 235 g/mol. The highest BCUT2D eigenvalue weighted by Gasteiger charge is 2.38. The van der Waals surface area contributed by atoms with Crippen molar-refractivity contribution in [3.05, 3.63) is 34.4 Å². The molecular formula is C7H4F3NO3S. The summed E-state index contributed by atoms with van der Waals surface area (Å²) in [5, 5.41) is 10.3. The van der Waals surface area contributed by atoms with Gasteiger partial charge in [0.2, 0.25) is 0 Å². The van der Waals surface area contributed by atoms with Crippen molar-refractivity contribution in [3.63, 3.8) is 0 Å². The Morgan fingerprint density at radius 1 is 1.33 bits per heavy atom. The predicted molar refractivity (Wildman–Crippen MR) is 45.6 cm³/mol. The monoisotopic (exact) mass is 239 g/mol. The minimum atomic E-state index is -4.91. The predicted octanol–water partition coefficient (Wildman–Crippen LogP) is 2.22. The summed E-state index contributed by atoms with van der Waals surface area (Å²) in [5.74, 6) is 0. The highest BCUT2D eigenvalue weighted by Crippen LogP contribution is 2.27. The minimum Gasteiger partial charge on any atom is -0.258 e. The number of nitrogens with zero attached hydrogens (tertiary/aromatic N) is 1. The third kappa shape index (κ3) is 2.75. The largest absolute Gasteiger partial charge is 0.475 e. The molecule has 0 spiro atoms. The van der Waals surface area contributed by atoms with Gasteiger partial charge in [-0.25, -0.2) is 4.21 Å². The lowest BCUT2D eigenvalue weighted by Gasteiger charge is -2.05. The second-order valence-corrected chi connectivity index (χ2v) is 3.94. The number of rotatable bonds is 2. The normalized spacial score (nSPS) is 13.5. The molecule has 0 aliphatic heterocycles. The molecule has 0 fully saturated rings. The zero-order valence-corrected chi connectivity index (χ0v) is 7.84. The van der Waals surface area contributed by atoms with Crippen molar-refractivity contribution in [2.75, 3.05) is 0 Å². The van der Waals surface area contributed by atoms with E-state index in [1.165, 1.54) is 0 Å². The van der Waals surface area contributed by atoms with E-state index in [-0.39, 0.29) is 0 Å². The van der Waals surface area contributed by atoms with Crippen molar-refractivity contribution < 1.29 is 22.3 Å². The molecule has 1 aromatic carbocycles. The second-order valence-electron chi connectivity index (χ2n) is 2.47. The first-order valence-electron chi connectivity index (χ1n) is 3.55. The number of alkyl halides is 3. The second kappa shape index (κ2) is 3.97. The van der Waals surface area contributed by atoms with E-state index in [0.717, 1.165) is 18.2 Å². The molecule has 82 valence electrons. The van der Waals surface area contributed by atoms with Crippen LogP contribution in [0, 0.1) is 10.1 Å². The molecule has 0 aliphatic carbocycles. The lowest BCUT2D eigenvalue weighted by atomic mass is 10.3. The molecule has 8 heteroatoms. The van der Waals surface area contributed by atoms with Gasteiger partial charge >= 0.3 is 5.51 Å². The molecule has 0 aromatic heterocycles. The summed E-state index contributed by atoms with van der Waals surface area (Å²) in [6, 6.07) is 3.65. The number of nitro groups is 1. The molecule has 0 amide bonds. The average Bonchev–Trinajstić information content (AvgIpc) is 2.15. The summed E-state index contributed by atoms with van der Waals surface area (Å²) in [6.45, 7) is 0. The van der Waals surface area contributed by atoms with E-state index in [9.17, 15) is 27.5 Å². The maximum atomic E-state index is 12.0. The van der Waals surface area contributed by atoms with Crippen LogP contribution in [0.2, 0.25) is 0 Å². The van der Waals surface area contributed by atoms with Crippen LogP contribution in [0.15, 0.2) is 29.2 Å². The summed E-state index contributed by atoms with van der Waals surface area (Å²) in [5.41, 5.74) is -5.43. The molecule has 0 unspecified atom stereocenters. The Morgan fingerprint density at radius 2 is 1.93 bits per heavy atom. The Kier molecular flexibility index (Phi) is 3.08. The van der Waals surface area contributed by atoms with Gasteiger partial charge in [0.25, 0.3) is 5.69 Å². The van der Waals surface area contributed by atoms with Crippen molar-refractivity contribution in [3.8, 4) is 0 Å². The van der Waals surface area contributed by atoms with Crippen molar-refractivity contribution in [1.82, 2.24) is 0 Å². The van der Waals surface area contributed by atoms with Crippen LogP contribution in [0.1, 0.15) is 0 Å². The van der Waals surface area contributed by atoms with E-state index in [2.05, 4.69) is 0 Å². The van der Waals surface area contributed by atoms with E-state index in [4.69, 9.17) is 0 Å². The third-order valence-corrected chi connectivity index (χ3v) is 2.56. The number of non-ortho nitro benzene ring substituents is 1. The first kappa shape index (κ1) is 11.6. The summed E-state index contributed by atoms with van der Waals surface area (Å²) in [6.07, 6.45) is 0. The first-order valence-corrected chi connectivity index (χ1v) is 4.70. The summed E-state index contributed by atoms with van der Waals surface area (Å²) in [7, 11) is -3.23. The average molecular weight is 239 g/mol. The minimum absolute atomic E-state index is 0.523. The zero-order chi connectivity index (χ0) is 11.6. The maximum Gasteiger partial charge on any atom is 0.475 e. The van der Waals surface area contributed by atoms with Gasteiger partial charge in [0, 0.05) is 12.1 Å². The Balaban J connectivity index is 3.12. The molecule has 1 atom stereocenters. The van der Waals surface area contributed by atoms with Crippen LogP contribution in [0.25, 0.3) is 0 Å². The number of nitro benzene ring substituents is 1. The Bertz CT molecular complexity index is 418. The molecule has 4 nitrogen and oxygen atoms in total. The van der Waals surface area contributed by atoms with E-state index < -0.39 is 31.8 Å². The number of hydrogen-bond acceptors (Lipinski definition) is 3. The molecule has 15 heavy (non-hydrogen) atoms. The third-order valence-electron chi connectivity index (χ3n) is 1.45. The SMILES string of the molecule is O=[N+]([O-])c1cccc([S@](=O)C(F)(F)F)c1. The Hall–Kier alpha value is -1.44. The van der Waals surface area contributed by atoms with Crippen LogP contribution in [-0.4, -0.2) is 14.6 Å². The van der Waals surface area contributed by atoms with Gasteiger partial charge in [-0.1, -0.05) is 6.07 Å². The van der Waals surface area contributed by atoms with Gasteiger partial charge in [-0.3, -0.25) is 10.1 Å². The molecule has 1 aromatic rings. The van der Waals surface area contributed by atoms with Gasteiger partial charge in [0.1, 0.15) is 0 Å². The van der Waals surface area contributed by atoms with Crippen LogP contribution < -0.4 is 0 Å². The maximum absolute atomic E-state index is 12.0. The van der Waals surface area contributed by atoms with Crippen LogP contribution in [0.3, 0.4) is 0 Å². The Labute approximate surface area is 84.3 Å². The molecule has 1 rings (SSSR count). The van der Waals surface area contributed by atoms with Gasteiger partial charge in [-0.15, -0.1) is 0 Å². The van der Waals surface area contributed by atoms with Crippen molar-refractivity contribution in [2.45, 2.75) is 10.4 Å². The Morgan fingerprint density at radius 3 is 2.40 bits per heavy atom. The fourth-order valence-electron chi connectivity index (χ4n) is 0.846. The van der Waals surface area contributed by atoms with Crippen LogP contribution in [0.5, 0.6) is 0 Å². The summed E-state index contributed by atoms with van der Waals surface area (Å²) >= 11 is 0. The molecule has 0 saturated heterocycles. The highest BCUT2D eigenvalue weighted by molar-refractivity contribution is 7.86. The molecule has 0 N–H and O–H groups in total. The quantitative estimate of drug-likeness (QED) is 0.587. The van der Waals surface area contributed by atoms with Crippen LogP contribution in [-0.2, 0) is 10.8 Å². The van der Waals surface area contributed by atoms with E-state index >= 15 is 0 Å². The summed E-state index contributed by atoms with van der Waals surface area (Å²) in [4.78, 5) is 8.77. The van der Waals surface area contributed by atoms with E-state index in [1.807, 2.05) is 0 Å². The van der Waals surface area contributed by atoms with Crippen molar-refractivity contribution in [2.24, 2.45) is 0 Å². The number of benzene rings is 1. The van der Waals surface area contributed by atoms with Gasteiger partial charge < -0.3 is 0 Å². The van der Waals surface area contributed by atoms with Gasteiger partial charge in [0.05, 0.1) is 9.82 Å². The lowest BCUT2D eigenvalue weighted by molar-refractivity contribution is -0.385. The zero-order valence-electron chi connectivity index (χ0n) is 7.02. The van der Waals surface area contributed by atoms with Gasteiger partial charge in [-0.2, -0.15) is 13.2 Å². The molecule has 0 saturated carbocycles. The smallest absolute Gasteiger partial charge is 0.258 e. The first-order chi connectivity index (χ1) is 6.82. The fourth-order valence-corrected chi connectivity index (χ4v) is 1.54. The van der Waals surface area contributed by atoms with E-state index in [0.29, 0.717) is 6.07 Å². The lowest BCUT2D eigenvalue weighted by Crippen LogP contribution is -2.16. The van der Waals surface area contributed by atoms with E-state index in [1.54, 1.807) is 0 Å². The molecule has 0 heterocycles. The molecule has 0 bridgehead atoms. The topological polar surface area (TPSA) is 60.2 Å². The van der Waals surface area contributed by atoms with Crippen molar-refractivity contribution in [1.29, 1.82) is 0 Å². The standard InChI is InChI=1S/C7H4F3NO3S/c8-7(9,10)15(14)6-3-1-2-5(4-6)11(12)13/h1-4H/t15-/m0/s1. The molecule has 0 aliphatic rings. The molecule has 0 radical (unpaired) electrons. The van der Waals surface area contributed by atoms with Gasteiger partial charge in [0.15, 0.2) is 10.8 Å². The number of hydrogen-bond donors (Lipinski definition) is 0. The van der Waals surface area contributed by atoms with Crippen molar-refractivity contribution >= 4 is 16.5 Å². The number of halogens is 3. The van der Waals surface area contributed by atoms with Gasteiger partial charge in [-0.05, 0) is 6.07 Å². The van der Waals surface area contributed by atoms with Crippen LogP contribution in [0.4, 0.5) is 18.9 Å². The summed E-state index contributed by atoms with van der Waals surface area (Å²) < 4.78 is 46.8.